The van der Waals surface area contributed by atoms with E-state index in [0.717, 1.165) is 12.1 Å². The highest BCUT2D eigenvalue weighted by molar-refractivity contribution is 6.31. The van der Waals surface area contributed by atoms with E-state index < -0.39 is 28.6 Å². The number of halogens is 4. The van der Waals surface area contributed by atoms with Crippen molar-refractivity contribution in [1.82, 2.24) is 14.8 Å². The fourth-order valence-corrected chi connectivity index (χ4v) is 3.98. The summed E-state index contributed by atoms with van der Waals surface area (Å²) in [5, 5.41) is 6.35. The lowest BCUT2D eigenvalue weighted by Crippen LogP contribution is -2.43. The molecule has 2 amide bonds. The van der Waals surface area contributed by atoms with Crippen molar-refractivity contribution in [3.63, 3.8) is 0 Å². The van der Waals surface area contributed by atoms with Gasteiger partial charge in [0, 0.05) is 23.5 Å². The molecule has 4 rings (SSSR count). The number of hydrogen-bond donors (Lipinski definition) is 2. The average Bonchev–Trinajstić information content (AvgIpc) is 3.13. The number of amides is 2. The van der Waals surface area contributed by atoms with Crippen LogP contribution in [-0.4, -0.2) is 33.1 Å². The minimum absolute atomic E-state index is 0.0943. The van der Waals surface area contributed by atoms with E-state index in [2.05, 4.69) is 15.4 Å². The first-order valence-corrected chi connectivity index (χ1v) is 10.1. The van der Waals surface area contributed by atoms with Crippen LogP contribution < -0.4 is 16.0 Å². The molecule has 3 heterocycles. The molecule has 0 saturated carbocycles. The summed E-state index contributed by atoms with van der Waals surface area (Å²) in [7, 11) is 0. The number of nitrogen functional groups attached to an aromatic ring is 1. The molecule has 0 fully saturated rings. The number of fused-ring (bicyclic) bond motifs is 1. The van der Waals surface area contributed by atoms with Crippen LogP contribution in [0.25, 0.3) is 0 Å². The number of anilines is 3. The molecule has 0 unspecified atom stereocenters. The van der Waals surface area contributed by atoms with E-state index in [1.54, 1.807) is 19.9 Å². The van der Waals surface area contributed by atoms with Crippen molar-refractivity contribution in [2.45, 2.75) is 26.1 Å². The molecule has 3 N–H and O–H groups in total. The minimum Gasteiger partial charge on any atom is -0.384 e. The van der Waals surface area contributed by atoms with Crippen LogP contribution in [0, 0.1) is 6.92 Å². The van der Waals surface area contributed by atoms with Crippen LogP contribution in [-0.2, 0) is 6.18 Å². The molecular weight excluding hydrogens is 461 g/mol. The van der Waals surface area contributed by atoms with Crippen molar-refractivity contribution < 1.29 is 22.8 Å². The molecule has 0 saturated heterocycles. The monoisotopic (exact) mass is 478 g/mol. The van der Waals surface area contributed by atoms with Gasteiger partial charge in [0.2, 0.25) is 0 Å². The summed E-state index contributed by atoms with van der Waals surface area (Å²) in [6, 6.07) is 5.75. The van der Waals surface area contributed by atoms with Gasteiger partial charge in [-0.3, -0.25) is 14.3 Å². The Morgan fingerprint density at radius 3 is 2.64 bits per heavy atom. The van der Waals surface area contributed by atoms with E-state index >= 15 is 0 Å². The number of carbonyl (C=O) groups is 2. The van der Waals surface area contributed by atoms with Crippen LogP contribution in [0.15, 0.2) is 36.5 Å². The van der Waals surface area contributed by atoms with Crippen molar-refractivity contribution in [2.24, 2.45) is 0 Å². The Bertz CT molecular complexity index is 1250. The van der Waals surface area contributed by atoms with Gasteiger partial charge in [-0.2, -0.15) is 18.3 Å². The molecule has 3 aromatic rings. The number of alkyl halides is 3. The molecule has 2 aromatic heterocycles. The van der Waals surface area contributed by atoms with Crippen LogP contribution in [0.2, 0.25) is 5.02 Å². The summed E-state index contributed by atoms with van der Waals surface area (Å²) < 4.78 is 40.6. The number of hydrogen-bond acceptors (Lipinski definition) is 5. The van der Waals surface area contributed by atoms with E-state index in [1.807, 2.05) is 0 Å². The molecule has 0 bridgehead atoms. The van der Waals surface area contributed by atoms with E-state index in [4.69, 9.17) is 17.3 Å². The first-order chi connectivity index (χ1) is 15.5. The van der Waals surface area contributed by atoms with Gasteiger partial charge in [0.15, 0.2) is 5.69 Å². The number of aromatic nitrogens is 3. The zero-order valence-electron chi connectivity index (χ0n) is 17.4. The highest BCUT2D eigenvalue weighted by Crippen LogP contribution is 2.38. The van der Waals surface area contributed by atoms with E-state index in [9.17, 15) is 22.8 Å². The van der Waals surface area contributed by atoms with Crippen molar-refractivity contribution in [2.75, 3.05) is 22.5 Å². The van der Waals surface area contributed by atoms with E-state index in [-0.39, 0.29) is 41.0 Å². The third-order valence-corrected chi connectivity index (χ3v) is 5.47. The zero-order chi connectivity index (χ0) is 24.1. The highest BCUT2D eigenvalue weighted by Gasteiger charge is 2.36. The van der Waals surface area contributed by atoms with Gasteiger partial charge in [-0.15, -0.1) is 0 Å². The van der Waals surface area contributed by atoms with Crippen LogP contribution in [0.1, 0.15) is 45.1 Å². The lowest BCUT2D eigenvalue weighted by Gasteiger charge is -2.32. The molecule has 0 spiro atoms. The fourth-order valence-electron chi connectivity index (χ4n) is 3.70. The molecule has 12 heteroatoms. The Balaban J connectivity index is 1.66. The summed E-state index contributed by atoms with van der Waals surface area (Å²) in [5.41, 5.74) is 5.97. The molecule has 1 aromatic carbocycles. The number of rotatable bonds is 3. The second kappa shape index (κ2) is 8.07. The Morgan fingerprint density at radius 1 is 1.27 bits per heavy atom. The van der Waals surface area contributed by atoms with Gasteiger partial charge in [-0.1, -0.05) is 11.6 Å². The van der Waals surface area contributed by atoms with Crippen molar-refractivity contribution in [3.05, 3.63) is 64.1 Å². The Hall–Kier alpha value is -3.60. The van der Waals surface area contributed by atoms with Gasteiger partial charge in [-0.25, -0.2) is 4.98 Å². The summed E-state index contributed by atoms with van der Waals surface area (Å²) in [6.07, 6.45) is -3.26. The van der Waals surface area contributed by atoms with Crippen molar-refractivity contribution in [3.8, 4) is 0 Å². The predicted molar refractivity (Wildman–Crippen MR) is 116 cm³/mol. The molecule has 1 aliphatic rings. The summed E-state index contributed by atoms with van der Waals surface area (Å²) in [5.74, 6) is -0.882. The van der Waals surface area contributed by atoms with Crippen LogP contribution in [0.4, 0.5) is 30.4 Å². The average molecular weight is 479 g/mol. The maximum Gasteiger partial charge on any atom is 0.417 e. The van der Waals surface area contributed by atoms with Crippen LogP contribution in [0.3, 0.4) is 0 Å². The smallest absolute Gasteiger partial charge is 0.384 e. The molecule has 0 aliphatic carbocycles. The van der Waals surface area contributed by atoms with Gasteiger partial charge in [0.25, 0.3) is 11.8 Å². The van der Waals surface area contributed by atoms with Gasteiger partial charge >= 0.3 is 6.18 Å². The number of nitrogens with two attached hydrogens (primary N) is 1. The summed E-state index contributed by atoms with van der Waals surface area (Å²) >= 11 is 5.84. The van der Waals surface area contributed by atoms with Crippen LogP contribution >= 0.6 is 11.6 Å². The molecule has 0 radical (unpaired) electrons. The van der Waals surface area contributed by atoms with Gasteiger partial charge < -0.3 is 16.0 Å². The molecular formula is C21H18ClF3N6O2. The first-order valence-electron chi connectivity index (χ1n) is 9.77. The Kier molecular flexibility index (Phi) is 5.52. The molecule has 33 heavy (non-hydrogen) atoms. The third kappa shape index (κ3) is 4.23. The SMILES string of the molecule is Cc1cc(C(=O)Nc2cnn3c2C(=O)N(c2ccc(C(F)(F)F)c(Cl)c2)C[C@@H]3C)cc(N)n1. The molecule has 8 nitrogen and oxygen atoms in total. The molecule has 1 atom stereocenters. The number of aryl methyl sites for hydroxylation is 1. The van der Waals surface area contributed by atoms with Gasteiger partial charge in [-0.05, 0) is 44.2 Å². The maximum absolute atomic E-state index is 13.3. The molecule has 1 aliphatic heterocycles. The van der Waals surface area contributed by atoms with Crippen LogP contribution in [0.5, 0.6) is 0 Å². The Labute approximate surface area is 191 Å². The summed E-state index contributed by atoms with van der Waals surface area (Å²) in [4.78, 5) is 31.3. The standard InChI is InChI=1S/C21H18ClF3N6O2/c1-10-5-12(6-17(26)28-10)19(32)29-16-8-27-31-11(2)9-30(20(33)18(16)31)13-3-4-14(15(22)7-13)21(23,24)25/h3-8,11H,9H2,1-2H3,(H2,26,28)(H,29,32)/t11-/m0/s1. The van der Waals surface area contributed by atoms with E-state index in [0.29, 0.717) is 5.69 Å². The highest BCUT2D eigenvalue weighted by atomic mass is 35.5. The van der Waals surface area contributed by atoms with Gasteiger partial charge in [0.1, 0.15) is 5.82 Å². The van der Waals surface area contributed by atoms with Crippen molar-refractivity contribution in [1.29, 1.82) is 0 Å². The third-order valence-electron chi connectivity index (χ3n) is 5.16. The largest absolute Gasteiger partial charge is 0.417 e. The zero-order valence-corrected chi connectivity index (χ0v) is 18.2. The maximum atomic E-state index is 13.3. The minimum atomic E-state index is -4.61. The van der Waals surface area contributed by atoms with Gasteiger partial charge in [0.05, 0.1) is 28.5 Å². The number of nitrogens with one attached hydrogen (secondary N) is 1. The lowest BCUT2D eigenvalue weighted by molar-refractivity contribution is -0.137. The number of pyridine rings is 1. The summed E-state index contributed by atoms with van der Waals surface area (Å²) in [6.45, 7) is 3.63. The van der Waals surface area contributed by atoms with Crippen molar-refractivity contribution >= 4 is 40.6 Å². The topological polar surface area (TPSA) is 106 Å². The number of carbonyl (C=O) groups excluding carboxylic acids is 2. The number of benzene rings is 1. The second-order valence-corrected chi connectivity index (χ2v) is 8.06. The number of nitrogens with zero attached hydrogens (tertiary/aromatic N) is 4. The first kappa shape index (κ1) is 22.6. The quantitative estimate of drug-likeness (QED) is 0.583. The fraction of sp³-hybridized carbons (Fsp3) is 0.238. The second-order valence-electron chi connectivity index (χ2n) is 7.65. The predicted octanol–water partition coefficient (Wildman–Crippen LogP) is 4.31. The molecule has 172 valence electrons. The lowest BCUT2D eigenvalue weighted by atomic mass is 10.1. The normalized spacial score (nSPS) is 16.0. The van der Waals surface area contributed by atoms with E-state index in [1.165, 1.54) is 27.9 Å². The Morgan fingerprint density at radius 2 is 2.00 bits per heavy atom.